The van der Waals surface area contributed by atoms with Crippen molar-refractivity contribution in [1.29, 1.82) is 0 Å². The van der Waals surface area contributed by atoms with Crippen molar-refractivity contribution in [1.82, 2.24) is 4.98 Å². The highest BCUT2D eigenvalue weighted by atomic mass is 19.1. The lowest BCUT2D eigenvalue weighted by molar-refractivity contribution is -0.115. The zero-order valence-electron chi connectivity index (χ0n) is 10.4. The molecular weight excluding hydrogens is 247 g/mol. The molecule has 1 amide bonds. The molecule has 19 heavy (non-hydrogen) atoms. The Balaban J connectivity index is 2.07. The Kier molecular flexibility index (Phi) is 3.75. The highest BCUT2D eigenvalue weighted by Crippen LogP contribution is 2.25. The van der Waals surface area contributed by atoms with Crippen LogP contribution in [0.5, 0.6) is 5.75 Å². The molecule has 0 atom stereocenters. The van der Waals surface area contributed by atoms with E-state index in [0.717, 1.165) is 11.3 Å². The van der Waals surface area contributed by atoms with Crippen molar-refractivity contribution in [3.63, 3.8) is 0 Å². The topological polar surface area (TPSA) is 62.2 Å². The van der Waals surface area contributed by atoms with Crippen LogP contribution < -0.4 is 5.32 Å². The first-order valence-corrected chi connectivity index (χ1v) is 5.75. The van der Waals surface area contributed by atoms with Gasteiger partial charge in [-0.15, -0.1) is 0 Å². The fourth-order valence-corrected chi connectivity index (χ4v) is 1.61. The van der Waals surface area contributed by atoms with Gasteiger partial charge in [0.25, 0.3) is 0 Å². The predicted octanol–water partition coefficient (Wildman–Crippen LogP) is 2.42. The zero-order valence-corrected chi connectivity index (χ0v) is 10.4. The maximum Gasteiger partial charge on any atom is 0.229 e. The van der Waals surface area contributed by atoms with Crippen LogP contribution in [-0.2, 0) is 11.2 Å². The average molecular weight is 260 g/mol. The zero-order chi connectivity index (χ0) is 13.8. The van der Waals surface area contributed by atoms with Gasteiger partial charge in [-0.05, 0) is 30.7 Å². The summed E-state index contributed by atoms with van der Waals surface area (Å²) in [6.45, 7) is 1.85. The van der Waals surface area contributed by atoms with Crippen molar-refractivity contribution in [3.8, 4) is 5.75 Å². The second-order valence-electron chi connectivity index (χ2n) is 4.17. The molecular formula is C14H13FN2O2. The molecule has 1 heterocycles. The number of nitrogens with one attached hydrogen (secondary N) is 1. The molecule has 0 saturated carbocycles. The van der Waals surface area contributed by atoms with Crippen molar-refractivity contribution in [2.24, 2.45) is 0 Å². The second kappa shape index (κ2) is 5.48. The molecule has 5 heteroatoms. The summed E-state index contributed by atoms with van der Waals surface area (Å²) in [7, 11) is 0. The van der Waals surface area contributed by atoms with E-state index in [1.54, 1.807) is 18.3 Å². The summed E-state index contributed by atoms with van der Waals surface area (Å²) in [5, 5.41) is 11.8. The summed E-state index contributed by atoms with van der Waals surface area (Å²) in [5.41, 5.74) is 1.38. The van der Waals surface area contributed by atoms with Gasteiger partial charge in [0.05, 0.1) is 6.42 Å². The van der Waals surface area contributed by atoms with Gasteiger partial charge < -0.3 is 10.4 Å². The standard InChI is InChI=1S/C14H13FN2O2/c1-9-5-6-10(8-16-9)7-13(19)17-14-11(15)3-2-4-12(14)18/h2-6,8,18H,7H2,1H3,(H,17,19). The molecule has 0 unspecified atom stereocenters. The minimum atomic E-state index is -0.671. The van der Waals surface area contributed by atoms with Crippen molar-refractivity contribution >= 4 is 11.6 Å². The number of rotatable bonds is 3. The summed E-state index contributed by atoms with van der Waals surface area (Å²) in [6, 6.07) is 7.42. The molecule has 0 spiro atoms. The first-order chi connectivity index (χ1) is 9.06. The Morgan fingerprint density at radius 1 is 1.37 bits per heavy atom. The van der Waals surface area contributed by atoms with Gasteiger partial charge in [0.2, 0.25) is 5.91 Å². The van der Waals surface area contributed by atoms with Crippen LogP contribution in [0, 0.1) is 12.7 Å². The van der Waals surface area contributed by atoms with Gasteiger partial charge in [0.15, 0.2) is 5.82 Å². The monoisotopic (exact) mass is 260 g/mol. The Hall–Kier alpha value is -2.43. The number of halogens is 1. The van der Waals surface area contributed by atoms with Gasteiger partial charge in [0.1, 0.15) is 11.4 Å². The number of benzene rings is 1. The summed E-state index contributed by atoms with van der Waals surface area (Å²) in [6.07, 6.45) is 1.66. The number of carbonyl (C=O) groups excluding carboxylic acids is 1. The first kappa shape index (κ1) is 13.0. The molecule has 0 fully saturated rings. The van der Waals surface area contributed by atoms with E-state index in [2.05, 4.69) is 10.3 Å². The number of pyridine rings is 1. The van der Waals surface area contributed by atoms with E-state index in [1.807, 2.05) is 6.92 Å². The number of nitrogens with zero attached hydrogens (tertiary/aromatic N) is 1. The van der Waals surface area contributed by atoms with Gasteiger partial charge in [-0.25, -0.2) is 4.39 Å². The lowest BCUT2D eigenvalue weighted by Crippen LogP contribution is -2.15. The maximum absolute atomic E-state index is 13.4. The van der Waals surface area contributed by atoms with Crippen LogP contribution in [0.3, 0.4) is 0 Å². The highest BCUT2D eigenvalue weighted by molar-refractivity contribution is 5.93. The quantitative estimate of drug-likeness (QED) is 0.833. The summed E-state index contributed by atoms with van der Waals surface area (Å²) in [5.74, 6) is -1.38. The molecule has 2 rings (SSSR count). The van der Waals surface area contributed by atoms with Gasteiger partial charge in [0, 0.05) is 11.9 Å². The molecule has 1 aromatic heterocycles. The number of aromatic hydroxyl groups is 1. The Labute approximate surface area is 109 Å². The maximum atomic E-state index is 13.4. The molecule has 0 saturated heterocycles. The number of aryl methyl sites for hydroxylation is 1. The fourth-order valence-electron chi connectivity index (χ4n) is 1.61. The second-order valence-corrected chi connectivity index (χ2v) is 4.17. The molecule has 2 N–H and O–H groups in total. The summed E-state index contributed by atoms with van der Waals surface area (Å²) < 4.78 is 13.4. The van der Waals surface area contributed by atoms with Crippen LogP contribution in [0.15, 0.2) is 36.5 Å². The number of carbonyl (C=O) groups is 1. The predicted molar refractivity (Wildman–Crippen MR) is 69.4 cm³/mol. The lowest BCUT2D eigenvalue weighted by atomic mass is 10.2. The van der Waals surface area contributed by atoms with E-state index >= 15 is 0 Å². The number of para-hydroxylation sites is 1. The lowest BCUT2D eigenvalue weighted by Gasteiger charge is -2.08. The molecule has 1 aromatic carbocycles. The van der Waals surface area contributed by atoms with Crippen LogP contribution in [-0.4, -0.2) is 16.0 Å². The van der Waals surface area contributed by atoms with Crippen LogP contribution in [0.1, 0.15) is 11.3 Å². The van der Waals surface area contributed by atoms with Gasteiger partial charge in [-0.1, -0.05) is 12.1 Å². The average Bonchev–Trinajstić information content (AvgIpc) is 2.37. The van der Waals surface area contributed by atoms with Crippen LogP contribution in [0.2, 0.25) is 0 Å². The Bertz CT molecular complexity index is 577. The highest BCUT2D eigenvalue weighted by Gasteiger charge is 2.11. The third-order valence-electron chi connectivity index (χ3n) is 2.59. The number of phenols is 1. The molecule has 2 aromatic rings. The Morgan fingerprint density at radius 2 is 2.16 bits per heavy atom. The normalized spacial score (nSPS) is 10.2. The third-order valence-corrected chi connectivity index (χ3v) is 2.59. The SMILES string of the molecule is Cc1ccc(CC(=O)Nc2c(O)cccc2F)cn1. The van der Waals surface area contributed by atoms with Crippen molar-refractivity contribution < 1.29 is 14.3 Å². The van der Waals surface area contributed by atoms with Crippen molar-refractivity contribution in [3.05, 3.63) is 53.6 Å². The minimum Gasteiger partial charge on any atom is -0.506 e. The largest absolute Gasteiger partial charge is 0.506 e. The number of phenolic OH excluding ortho intramolecular Hbond substituents is 1. The van der Waals surface area contributed by atoms with Crippen molar-refractivity contribution in [2.75, 3.05) is 5.32 Å². The Morgan fingerprint density at radius 3 is 2.79 bits per heavy atom. The number of aromatic nitrogens is 1. The van der Waals surface area contributed by atoms with Gasteiger partial charge in [-0.2, -0.15) is 0 Å². The summed E-state index contributed by atoms with van der Waals surface area (Å²) >= 11 is 0. The third kappa shape index (κ3) is 3.28. The molecule has 0 aliphatic rings. The number of hydrogen-bond donors (Lipinski definition) is 2. The first-order valence-electron chi connectivity index (χ1n) is 5.75. The van der Waals surface area contributed by atoms with Gasteiger partial charge >= 0.3 is 0 Å². The molecule has 0 aliphatic heterocycles. The van der Waals surface area contributed by atoms with Gasteiger partial charge in [-0.3, -0.25) is 9.78 Å². The van der Waals surface area contributed by atoms with E-state index in [0.29, 0.717) is 0 Å². The van der Waals surface area contributed by atoms with E-state index in [4.69, 9.17) is 0 Å². The van der Waals surface area contributed by atoms with Crippen LogP contribution in [0.4, 0.5) is 10.1 Å². The van der Waals surface area contributed by atoms with Crippen LogP contribution in [0.25, 0.3) is 0 Å². The number of hydrogen-bond acceptors (Lipinski definition) is 3. The van der Waals surface area contributed by atoms with E-state index in [-0.39, 0.29) is 17.9 Å². The molecule has 0 radical (unpaired) electrons. The number of amides is 1. The molecule has 0 aliphatic carbocycles. The fraction of sp³-hybridized carbons (Fsp3) is 0.143. The van der Waals surface area contributed by atoms with Crippen molar-refractivity contribution in [2.45, 2.75) is 13.3 Å². The molecule has 4 nitrogen and oxygen atoms in total. The van der Waals surface area contributed by atoms with E-state index in [9.17, 15) is 14.3 Å². The van der Waals surface area contributed by atoms with E-state index in [1.165, 1.54) is 18.2 Å². The van der Waals surface area contributed by atoms with E-state index < -0.39 is 11.7 Å². The smallest absolute Gasteiger partial charge is 0.229 e. The summed E-state index contributed by atoms with van der Waals surface area (Å²) in [4.78, 5) is 15.8. The number of anilines is 1. The molecule has 0 bridgehead atoms. The minimum absolute atomic E-state index is 0.0705. The van der Waals surface area contributed by atoms with Crippen LogP contribution >= 0.6 is 0 Å². The molecule has 98 valence electrons.